The molecule has 0 aliphatic rings. The summed E-state index contributed by atoms with van der Waals surface area (Å²) in [4.78, 5) is 10.8. The molecule has 1 amide bonds. The Morgan fingerprint density at radius 2 is 2.21 bits per heavy atom. The maximum atomic E-state index is 13.1. The Kier molecular flexibility index (Phi) is 5.68. The van der Waals surface area contributed by atoms with E-state index in [1.807, 2.05) is 0 Å². The van der Waals surface area contributed by atoms with Crippen molar-refractivity contribution in [2.45, 2.75) is 0 Å². The van der Waals surface area contributed by atoms with Crippen molar-refractivity contribution in [1.29, 1.82) is 0 Å². The standard InChI is InChI=1S/C8H8BrFN2O.ClH/c9-5-1-2-7(6(10)3-5)12-8(13)4-11;/h1-3H,4,11H2,(H,12,13);1H. The Morgan fingerprint density at radius 3 is 2.71 bits per heavy atom. The van der Waals surface area contributed by atoms with Gasteiger partial charge >= 0.3 is 0 Å². The lowest BCUT2D eigenvalue weighted by Gasteiger charge is -2.04. The molecule has 1 aromatic rings. The molecule has 0 spiro atoms. The van der Waals surface area contributed by atoms with Gasteiger partial charge in [-0.05, 0) is 18.2 Å². The van der Waals surface area contributed by atoms with E-state index in [4.69, 9.17) is 5.73 Å². The van der Waals surface area contributed by atoms with Gasteiger partial charge in [0.05, 0.1) is 12.2 Å². The second kappa shape index (κ2) is 5.95. The number of benzene rings is 1. The van der Waals surface area contributed by atoms with Crippen LogP contribution in [0.3, 0.4) is 0 Å². The van der Waals surface area contributed by atoms with Gasteiger partial charge in [0.25, 0.3) is 0 Å². The molecule has 78 valence electrons. The predicted molar refractivity (Wildman–Crippen MR) is 59.0 cm³/mol. The smallest absolute Gasteiger partial charge is 0.238 e. The molecule has 0 saturated carbocycles. The Labute approximate surface area is 95.4 Å². The van der Waals surface area contributed by atoms with Crippen molar-refractivity contribution in [3.8, 4) is 0 Å². The number of carbonyl (C=O) groups is 1. The highest BCUT2D eigenvalue weighted by atomic mass is 79.9. The van der Waals surface area contributed by atoms with Crippen LogP contribution in [-0.4, -0.2) is 12.5 Å². The van der Waals surface area contributed by atoms with E-state index in [0.717, 1.165) is 0 Å². The number of carbonyl (C=O) groups excluding carboxylic acids is 1. The van der Waals surface area contributed by atoms with Gasteiger partial charge in [-0.15, -0.1) is 12.4 Å². The van der Waals surface area contributed by atoms with Crippen molar-refractivity contribution in [1.82, 2.24) is 0 Å². The van der Waals surface area contributed by atoms with Gasteiger partial charge in [0, 0.05) is 4.47 Å². The molecule has 0 aromatic heterocycles. The highest BCUT2D eigenvalue weighted by Crippen LogP contribution is 2.18. The molecule has 1 aromatic carbocycles. The van der Waals surface area contributed by atoms with Gasteiger partial charge in [-0.3, -0.25) is 4.79 Å². The van der Waals surface area contributed by atoms with Crippen LogP contribution in [0.2, 0.25) is 0 Å². The maximum absolute atomic E-state index is 13.1. The average molecular weight is 284 g/mol. The van der Waals surface area contributed by atoms with Gasteiger partial charge in [0.2, 0.25) is 5.91 Å². The molecule has 0 radical (unpaired) electrons. The molecule has 1 rings (SSSR count). The number of rotatable bonds is 2. The topological polar surface area (TPSA) is 55.1 Å². The SMILES string of the molecule is Cl.NCC(=O)Nc1ccc(Br)cc1F. The molecule has 0 fully saturated rings. The van der Waals surface area contributed by atoms with Crippen LogP contribution in [0.4, 0.5) is 10.1 Å². The second-order valence-electron chi connectivity index (χ2n) is 2.38. The summed E-state index contributed by atoms with van der Waals surface area (Å²) in [5.74, 6) is -0.905. The summed E-state index contributed by atoms with van der Waals surface area (Å²) in [6.45, 7) is -0.157. The van der Waals surface area contributed by atoms with Crippen LogP contribution in [0.5, 0.6) is 0 Å². The summed E-state index contributed by atoms with van der Waals surface area (Å²) in [6.07, 6.45) is 0. The Balaban J connectivity index is 0.00000169. The molecule has 0 atom stereocenters. The van der Waals surface area contributed by atoms with Crippen LogP contribution in [0.1, 0.15) is 0 Å². The number of amides is 1. The monoisotopic (exact) mass is 282 g/mol. The average Bonchev–Trinajstić information content (AvgIpc) is 2.09. The van der Waals surface area contributed by atoms with E-state index in [2.05, 4.69) is 21.2 Å². The van der Waals surface area contributed by atoms with Crippen molar-refractivity contribution in [3.63, 3.8) is 0 Å². The fourth-order valence-electron chi connectivity index (χ4n) is 0.792. The zero-order valence-electron chi connectivity index (χ0n) is 7.09. The molecule has 3 N–H and O–H groups in total. The molecule has 0 bridgehead atoms. The minimum absolute atomic E-state index is 0. The van der Waals surface area contributed by atoms with E-state index in [1.165, 1.54) is 12.1 Å². The van der Waals surface area contributed by atoms with Crippen molar-refractivity contribution in [2.24, 2.45) is 5.73 Å². The van der Waals surface area contributed by atoms with Crippen LogP contribution >= 0.6 is 28.3 Å². The Hall–Kier alpha value is -0.650. The highest BCUT2D eigenvalue weighted by molar-refractivity contribution is 9.10. The number of halogens is 3. The normalized spacial score (nSPS) is 9.07. The molecule has 0 saturated heterocycles. The molecular formula is C8H9BrClFN2O. The highest BCUT2D eigenvalue weighted by Gasteiger charge is 2.04. The fraction of sp³-hybridized carbons (Fsp3) is 0.125. The quantitative estimate of drug-likeness (QED) is 0.871. The van der Waals surface area contributed by atoms with Crippen LogP contribution in [0.25, 0.3) is 0 Å². The van der Waals surface area contributed by atoms with Gasteiger partial charge in [-0.2, -0.15) is 0 Å². The molecule has 0 unspecified atom stereocenters. The van der Waals surface area contributed by atoms with Crippen LogP contribution in [-0.2, 0) is 4.79 Å². The summed E-state index contributed by atoms with van der Waals surface area (Å²) < 4.78 is 13.7. The first-order valence-electron chi connectivity index (χ1n) is 3.58. The minimum Gasteiger partial charge on any atom is -0.322 e. The third-order valence-electron chi connectivity index (χ3n) is 1.39. The van der Waals surface area contributed by atoms with E-state index in [9.17, 15) is 9.18 Å². The minimum atomic E-state index is -0.490. The zero-order valence-corrected chi connectivity index (χ0v) is 9.49. The lowest BCUT2D eigenvalue weighted by atomic mass is 10.3. The van der Waals surface area contributed by atoms with Crippen molar-refractivity contribution >= 4 is 39.9 Å². The third kappa shape index (κ3) is 3.61. The van der Waals surface area contributed by atoms with E-state index >= 15 is 0 Å². The third-order valence-corrected chi connectivity index (χ3v) is 1.88. The summed E-state index contributed by atoms with van der Waals surface area (Å²) in [6, 6.07) is 4.37. The summed E-state index contributed by atoms with van der Waals surface area (Å²) >= 11 is 3.10. The van der Waals surface area contributed by atoms with Gasteiger partial charge in [0.15, 0.2) is 0 Å². The number of hydrogen-bond acceptors (Lipinski definition) is 2. The Morgan fingerprint density at radius 1 is 1.57 bits per heavy atom. The van der Waals surface area contributed by atoms with Crippen LogP contribution in [0.15, 0.2) is 22.7 Å². The number of nitrogens with two attached hydrogens (primary N) is 1. The van der Waals surface area contributed by atoms with Crippen molar-refractivity contribution in [2.75, 3.05) is 11.9 Å². The molecule has 6 heteroatoms. The molecule has 0 heterocycles. The molecule has 0 aliphatic carbocycles. The van der Waals surface area contributed by atoms with Crippen molar-refractivity contribution < 1.29 is 9.18 Å². The molecule has 3 nitrogen and oxygen atoms in total. The molecule has 14 heavy (non-hydrogen) atoms. The van der Waals surface area contributed by atoms with E-state index < -0.39 is 11.7 Å². The number of nitrogens with one attached hydrogen (secondary N) is 1. The maximum Gasteiger partial charge on any atom is 0.238 e. The van der Waals surface area contributed by atoms with Crippen LogP contribution < -0.4 is 11.1 Å². The van der Waals surface area contributed by atoms with E-state index in [0.29, 0.717) is 4.47 Å². The zero-order chi connectivity index (χ0) is 9.84. The van der Waals surface area contributed by atoms with E-state index in [1.54, 1.807) is 6.07 Å². The number of hydrogen-bond donors (Lipinski definition) is 2. The predicted octanol–water partition coefficient (Wildman–Crippen LogP) is 1.91. The van der Waals surface area contributed by atoms with Gasteiger partial charge in [0.1, 0.15) is 5.82 Å². The van der Waals surface area contributed by atoms with Gasteiger partial charge in [-0.25, -0.2) is 4.39 Å². The Bertz CT molecular complexity index is 335. The fourth-order valence-corrected chi connectivity index (χ4v) is 1.13. The first-order valence-corrected chi connectivity index (χ1v) is 4.37. The first-order chi connectivity index (χ1) is 6.13. The van der Waals surface area contributed by atoms with Crippen molar-refractivity contribution in [3.05, 3.63) is 28.5 Å². The lowest BCUT2D eigenvalue weighted by molar-refractivity contribution is -0.114. The molecular weight excluding hydrogens is 274 g/mol. The summed E-state index contributed by atoms with van der Waals surface area (Å²) in [5, 5.41) is 2.33. The summed E-state index contributed by atoms with van der Waals surface area (Å²) in [5.41, 5.74) is 5.19. The van der Waals surface area contributed by atoms with Gasteiger partial charge < -0.3 is 11.1 Å². The summed E-state index contributed by atoms with van der Waals surface area (Å²) in [7, 11) is 0. The second-order valence-corrected chi connectivity index (χ2v) is 3.29. The number of anilines is 1. The van der Waals surface area contributed by atoms with Gasteiger partial charge in [-0.1, -0.05) is 15.9 Å². The lowest BCUT2D eigenvalue weighted by Crippen LogP contribution is -2.22. The largest absolute Gasteiger partial charge is 0.322 e. The van der Waals surface area contributed by atoms with E-state index in [-0.39, 0.29) is 24.6 Å². The first kappa shape index (κ1) is 13.4. The van der Waals surface area contributed by atoms with Crippen LogP contribution in [0, 0.1) is 5.82 Å². The molecule has 0 aliphatic heterocycles.